The van der Waals surface area contributed by atoms with Crippen molar-refractivity contribution in [3.63, 3.8) is 0 Å². The molecule has 0 saturated heterocycles. The third-order valence-electron chi connectivity index (χ3n) is 3.29. The van der Waals surface area contributed by atoms with E-state index in [2.05, 4.69) is 6.07 Å². The minimum Gasteiger partial charge on any atom is -0.459 e. The summed E-state index contributed by atoms with van der Waals surface area (Å²) in [7, 11) is 0. The molecule has 0 radical (unpaired) electrons. The Labute approximate surface area is 127 Å². The lowest BCUT2D eigenvalue weighted by Gasteiger charge is -2.11. The third kappa shape index (κ3) is 2.42. The van der Waals surface area contributed by atoms with E-state index in [0.717, 1.165) is 16.5 Å². The maximum atomic E-state index is 6.25. The first-order valence-electron chi connectivity index (χ1n) is 6.25. The number of benzene rings is 2. The fourth-order valence-corrected chi connectivity index (χ4v) is 2.66. The van der Waals surface area contributed by atoms with Crippen molar-refractivity contribution in [1.29, 1.82) is 0 Å². The molecule has 2 aromatic carbocycles. The number of hydrogen-bond acceptors (Lipinski definition) is 2. The zero-order chi connectivity index (χ0) is 14.3. The highest BCUT2D eigenvalue weighted by atomic mass is 35.5. The lowest BCUT2D eigenvalue weighted by molar-refractivity contribution is 0.525. The van der Waals surface area contributed by atoms with Gasteiger partial charge in [0.25, 0.3) is 0 Å². The van der Waals surface area contributed by atoms with Gasteiger partial charge in [-0.3, -0.25) is 0 Å². The number of halogens is 2. The van der Waals surface area contributed by atoms with Crippen LogP contribution in [0.15, 0.2) is 46.9 Å². The highest BCUT2D eigenvalue weighted by Crippen LogP contribution is 2.32. The quantitative estimate of drug-likeness (QED) is 0.715. The molecule has 0 amide bonds. The summed E-state index contributed by atoms with van der Waals surface area (Å²) >= 11 is 12.2. The van der Waals surface area contributed by atoms with E-state index in [1.54, 1.807) is 18.2 Å². The molecule has 20 heavy (non-hydrogen) atoms. The first kappa shape index (κ1) is 13.5. The van der Waals surface area contributed by atoms with Gasteiger partial charge in [0.2, 0.25) is 0 Å². The molecular weight excluding hydrogens is 293 g/mol. The Bertz CT molecular complexity index is 779. The van der Waals surface area contributed by atoms with Crippen LogP contribution >= 0.6 is 23.2 Å². The molecule has 102 valence electrons. The van der Waals surface area contributed by atoms with E-state index in [4.69, 9.17) is 33.4 Å². The van der Waals surface area contributed by atoms with Crippen LogP contribution in [0.5, 0.6) is 0 Å². The second-order valence-corrected chi connectivity index (χ2v) is 5.68. The summed E-state index contributed by atoms with van der Waals surface area (Å²) in [6.07, 6.45) is 0. The molecule has 0 aliphatic heterocycles. The average Bonchev–Trinajstić information content (AvgIpc) is 2.83. The summed E-state index contributed by atoms with van der Waals surface area (Å²) in [5, 5.41) is 2.22. The second-order valence-electron chi connectivity index (χ2n) is 4.83. The van der Waals surface area contributed by atoms with Crippen molar-refractivity contribution in [1.82, 2.24) is 0 Å². The molecule has 3 rings (SSSR count). The van der Waals surface area contributed by atoms with Crippen molar-refractivity contribution in [2.45, 2.75) is 13.0 Å². The maximum absolute atomic E-state index is 6.25. The fourth-order valence-electron chi connectivity index (χ4n) is 2.24. The molecule has 1 aromatic heterocycles. The number of nitrogens with two attached hydrogens (primary N) is 1. The van der Waals surface area contributed by atoms with Gasteiger partial charge < -0.3 is 10.2 Å². The van der Waals surface area contributed by atoms with Crippen LogP contribution in [0.2, 0.25) is 10.0 Å². The molecule has 1 unspecified atom stereocenters. The van der Waals surface area contributed by atoms with E-state index in [1.807, 2.05) is 25.1 Å². The maximum Gasteiger partial charge on any atom is 0.134 e. The molecular formula is C16H13Cl2NO. The number of hydrogen-bond donors (Lipinski definition) is 1. The minimum absolute atomic E-state index is 0.436. The molecule has 0 aliphatic rings. The van der Waals surface area contributed by atoms with E-state index >= 15 is 0 Å². The molecule has 1 atom stereocenters. The number of aryl methyl sites for hydroxylation is 1. The van der Waals surface area contributed by atoms with Crippen LogP contribution in [0, 0.1) is 6.92 Å². The van der Waals surface area contributed by atoms with E-state index in [9.17, 15) is 0 Å². The van der Waals surface area contributed by atoms with Gasteiger partial charge >= 0.3 is 0 Å². The Kier molecular flexibility index (Phi) is 3.47. The molecule has 3 aromatic rings. The molecule has 2 nitrogen and oxygen atoms in total. The zero-order valence-electron chi connectivity index (χ0n) is 10.9. The van der Waals surface area contributed by atoms with E-state index in [1.165, 1.54) is 5.56 Å². The molecule has 0 saturated carbocycles. The van der Waals surface area contributed by atoms with Crippen LogP contribution < -0.4 is 5.73 Å². The zero-order valence-corrected chi connectivity index (χ0v) is 12.4. The van der Waals surface area contributed by atoms with Crippen molar-refractivity contribution in [3.05, 3.63) is 69.4 Å². The van der Waals surface area contributed by atoms with Gasteiger partial charge in [0, 0.05) is 15.4 Å². The predicted octanol–water partition coefficient (Wildman–Crippen LogP) is 5.10. The van der Waals surface area contributed by atoms with Gasteiger partial charge in [0.15, 0.2) is 0 Å². The highest BCUT2D eigenvalue weighted by molar-refractivity contribution is 6.33. The lowest BCUT2D eigenvalue weighted by Crippen LogP contribution is -2.11. The van der Waals surface area contributed by atoms with Gasteiger partial charge in [-0.25, -0.2) is 0 Å². The van der Waals surface area contributed by atoms with E-state index in [-0.39, 0.29) is 0 Å². The summed E-state index contributed by atoms with van der Waals surface area (Å²) in [6, 6.07) is 12.8. The van der Waals surface area contributed by atoms with Crippen molar-refractivity contribution < 1.29 is 4.42 Å². The first-order chi connectivity index (χ1) is 9.54. The molecule has 0 bridgehead atoms. The van der Waals surface area contributed by atoms with Crippen molar-refractivity contribution in [3.8, 4) is 0 Å². The van der Waals surface area contributed by atoms with Gasteiger partial charge in [-0.05, 0) is 48.9 Å². The van der Waals surface area contributed by atoms with Crippen LogP contribution in [0.4, 0.5) is 0 Å². The normalized spacial score (nSPS) is 12.8. The third-order valence-corrected chi connectivity index (χ3v) is 3.87. The number of fused-ring (bicyclic) bond motifs is 1. The Hall–Kier alpha value is -1.48. The number of furan rings is 1. The Balaban J connectivity index is 2.07. The van der Waals surface area contributed by atoms with Gasteiger partial charge in [0.1, 0.15) is 11.3 Å². The molecule has 0 spiro atoms. The van der Waals surface area contributed by atoms with Crippen molar-refractivity contribution in [2.75, 3.05) is 0 Å². The summed E-state index contributed by atoms with van der Waals surface area (Å²) in [5.41, 5.74) is 9.01. The van der Waals surface area contributed by atoms with Crippen LogP contribution in [0.3, 0.4) is 0 Å². The molecule has 4 heteroatoms. The SMILES string of the molecule is Cc1ccc2oc(C(N)c3cc(Cl)ccc3Cl)cc2c1. The standard InChI is InChI=1S/C16H13Cl2NO/c1-9-2-5-14-10(6-9)7-15(20-14)16(19)12-8-11(17)3-4-13(12)18/h2-8,16H,19H2,1H3. The van der Waals surface area contributed by atoms with Crippen LogP contribution in [0.25, 0.3) is 11.0 Å². The Morgan fingerprint density at radius 1 is 1.05 bits per heavy atom. The monoisotopic (exact) mass is 305 g/mol. The highest BCUT2D eigenvalue weighted by Gasteiger charge is 2.17. The van der Waals surface area contributed by atoms with Gasteiger partial charge in [-0.15, -0.1) is 0 Å². The molecule has 2 N–H and O–H groups in total. The van der Waals surface area contributed by atoms with E-state index < -0.39 is 6.04 Å². The molecule has 0 aliphatic carbocycles. The minimum atomic E-state index is -0.436. The summed E-state index contributed by atoms with van der Waals surface area (Å²) < 4.78 is 5.81. The summed E-state index contributed by atoms with van der Waals surface area (Å²) in [4.78, 5) is 0. The first-order valence-corrected chi connectivity index (χ1v) is 7.01. The smallest absolute Gasteiger partial charge is 0.134 e. The van der Waals surface area contributed by atoms with Gasteiger partial charge in [-0.1, -0.05) is 34.8 Å². The van der Waals surface area contributed by atoms with E-state index in [0.29, 0.717) is 15.8 Å². The Morgan fingerprint density at radius 3 is 2.65 bits per heavy atom. The summed E-state index contributed by atoms with van der Waals surface area (Å²) in [5.74, 6) is 0.676. The van der Waals surface area contributed by atoms with Crippen molar-refractivity contribution >= 4 is 34.2 Å². The van der Waals surface area contributed by atoms with Crippen LogP contribution in [-0.2, 0) is 0 Å². The largest absolute Gasteiger partial charge is 0.459 e. The van der Waals surface area contributed by atoms with Crippen LogP contribution in [-0.4, -0.2) is 0 Å². The van der Waals surface area contributed by atoms with Crippen molar-refractivity contribution in [2.24, 2.45) is 5.73 Å². The second kappa shape index (κ2) is 5.13. The van der Waals surface area contributed by atoms with Gasteiger partial charge in [-0.2, -0.15) is 0 Å². The Morgan fingerprint density at radius 2 is 1.85 bits per heavy atom. The molecule has 1 heterocycles. The summed E-state index contributed by atoms with van der Waals surface area (Å²) in [6.45, 7) is 2.04. The van der Waals surface area contributed by atoms with Gasteiger partial charge in [0.05, 0.1) is 6.04 Å². The topological polar surface area (TPSA) is 39.2 Å². The number of rotatable bonds is 2. The lowest BCUT2D eigenvalue weighted by atomic mass is 10.0. The predicted molar refractivity (Wildman–Crippen MR) is 83.4 cm³/mol. The van der Waals surface area contributed by atoms with Crippen LogP contribution in [0.1, 0.15) is 22.9 Å². The fraction of sp³-hybridized carbons (Fsp3) is 0.125. The molecule has 0 fully saturated rings. The average molecular weight is 306 g/mol.